The molecule has 5 aromatic rings. The Bertz CT molecular complexity index is 4820. The van der Waals surface area contributed by atoms with E-state index in [0.717, 1.165) is 19.2 Å². The Morgan fingerprint density at radius 2 is 0.866 bits per heavy atom. The number of primary amides is 5. The molecule has 0 saturated heterocycles. The van der Waals surface area contributed by atoms with Crippen LogP contribution in [-0.2, 0) is 110 Å². The first-order valence-electron chi connectivity index (χ1n) is 40.8. The minimum atomic E-state index is -2.04. The number of para-hydroxylation sites is 1. The van der Waals surface area contributed by atoms with Crippen LogP contribution in [-0.4, -0.2) is 230 Å². The van der Waals surface area contributed by atoms with Crippen molar-refractivity contribution >= 4 is 159 Å². The molecule has 127 heavy (non-hydrogen) atoms. The van der Waals surface area contributed by atoms with Gasteiger partial charge in [0.1, 0.15) is 84.4 Å². The van der Waals surface area contributed by atoms with E-state index in [4.69, 9.17) is 46.0 Å². The van der Waals surface area contributed by atoms with Crippen molar-refractivity contribution in [3.05, 3.63) is 114 Å². The first-order chi connectivity index (χ1) is 59.4. The highest BCUT2D eigenvalue weighted by molar-refractivity contribution is 7.82. The van der Waals surface area contributed by atoms with Crippen LogP contribution in [0.25, 0.3) is 21.7 Å². The van der Waals surface area contributed by atoms with E-state index in [2.05, 4.69) is 92.0 Å². The highest BCUT2D eigenvalue weighted by Gasteiger charge is 2.43. The fraction of sp³-hybridized carbons (Fsp3) is 0.488. The molecule has 0 fully saturated rings. The number of aromatic nitrogens is 1. The topological polar surface area (TPSA) is 668 Å². The Morgan fingerprint density at radius 3 is 1.42 bits per heavy atom. The summed E-state index contributed by atoms with van der Waals surface area (Å²) in [5, 5.41) is 48.8. The fourth-order valence-electron chi connectivity index (χ4n) is 13.1. The molecular formula is C84H118N20O21S2. The number of aliphatic hydroxyl groups excluding tert-OH is 1. The summed E-state index contributed by atoms with van der Waals surface area (Å²) in [7, 11) is 0. The van der Waals surface area contributed by atoms with Crippen molar-refractivity contribution in [2.75, 3.05) is 19.7 Å². The second-order valence-electron chi connectivity index (χ2n) is 32.4. The van der Waals surface area contributed by atoms with Crippen LogP contribution in [0.5, 0.6) is 5.75 Å². The largest absolute Gasteiger partial charge is 0.492 e. The SMILES string of the molecule is CC(=O)NCCCC[C@H](NC(=O)C(C)(C)NC(=O)[C@H](Cc1ccc2ccccc2c1)NC(=O)[C@H](Cc1ccc(OCCNC(C)=O)cc1)NC(=O)[C@@H](NC(=O)[C@H](CCC(N)=O)NC(=O)[C@H](Cc1c[nH]c2ccccc12)NC(=O)[C@@H](NC(=O)[C@H](CCC(N)=O)NC(=O)[C@@H](NC(C)=O)C(C)(C)S)[C@@H](C)O)C(C)(C)S)C(=O)N[C@@H](CC(N)=O)C(=O)N[C@@H](CCC(N)=O)C(N)=O. The molecule has 19 amide bonds. The van der Waals surface area contributed by atoms with Gasteiger partial charge in [-0.25, -0.2) is 0 Å². The van der Waals surface area contributed by atoms with Crippen molar-refractivity contribution in [2.45, 2.75) is 240 Å². The van der Waals surface area contributed by atoms with Crippen molar-refractivity contribution in [1.29, 1.82) is 0 Å². The molecule has 0 aliphatic carbocycles. The zero-order valence-electron chi connectivity index (χ0n) is 72.4. The van der Waals surface area contributed by atoms with E-state index >= 15 is 24.0 Å². The monoisotopic (exact) mass is 1810 g/mol. The van der Waals surface area contributed by atoms with Gasteiger partial charge in [-0.05, 0) is 133 Å². The number of fused-ring (bicyclic) bond motifs is 2. The lowest BCUT2D eigenvalue weighted by Crippen LogP contribution is -2.64. The summed E-state index contributed by atoms with van der Waals surface area (Å²) < 4.78 is 2.93. The lowest BCUT2D eigenvalue weighted by atomic mass is 9.97. The summed E-state index contributed by atoms with van der Waals surface area (Å²) in [4.78, 5) is 262. The van der Waals surface area contributed by atoms with Crippen LogP contribution >= 0.6 is 25.3 Å². The van der Waals surface area contributed by atoms with Crippen LogP contribution in [0, 0.1) is 0 Å². The lowest BCUT2D eigenvalue weighted by Gasteiger charge is -2.33. The molecule has 12 atom stereocenters. The molecule has 5 rings (SSSR count). The molecule has 4 aromatic carbocycles. The van der Waals surface area contributed by atoms with Crippen LogP contribution in [0.1, 0.15) is 150 Å². The normalized spacial score (nSPS) is 14.3. The maximum absolute atomic E-state index is 15.6. The molecule has 1 aromatic heterocycles. The first kappa shape index (κ1) is 105. The molecule has 0 aliphatic rings. The Hall–Kier alpha value is -12.9. The van der Waals surface area contributed by atoms with E-state index in [9.17, 15) is 72.2 Å². The van der Waals surface area contributed by atoms with Gasteiger partial charge in [-0.2, -0.15) is 25.3 Å². The van der Waals surface area contributed by atoms with Crippen LogP contribution in [0.4, 0.5) is 0 Å². The molecule has 692 valence electrons. The molecule has 43 heteroatoms. The third-order valence-corrected chi connectivity index (χ3v) is 20.4. The maximum atomic E-state index is 15.6. The third-order valence-electron chi connectivity index (χ3n) is 19.9. The molecule has 0 spiro atoms. The van der Waals surface area contributed by atoms with Gasteiger partial charge in [-0.1, -0.05) is 72.8 Å². The molecule has 1 heterocycles. The molecule has 0 unspecified atom stereocenters. The Kier molecular flexibility index (Phi) is 40.4. The zero-order chi connectivity index (χ0) is 95.0. The smallest absolute Gasteiger partial charge is 0.245 e. The van der Waals surface area contributed by atoms with Crippen molar-refractivity contribution in [3.8, 4) is 5.75 Å². The van der Waals surface area contributed by atoms with Crippen molar-refractivity contribution in [3.63, 3.8) is 0 Å². The van der Waals surface area contributed by atoms with Gasteiger partial charge in [0.25, 0.3) is 0 Å². The van der Waals surface area contributed by atoms with Crippen LogP contribution in [0.2, 0.25) is 0 Å². The lowest BCUT2D eigenvalue weighted by molar-refractivity contribution is -0.138. The number of hydrogen-bond donors (Lipinski definition) is 23. The van der Waals surface area contributed by atoms with Crippen LogP contribution in [0.3, 0.4) is 0 Å². The second-order valence-corrected chi connectivity index (χ2v) is 34.7. The van der Waals surface area contributed by atoms with Crippen molar-refractivity contribution in [1.82, 2.24) is 79.4 Å². The maximum Gasteiger partial charge on any atom is 0.245 e. The summed E-state index contributed by atoms with van der Waals surface area (Å²) in [6, 6.07) is 6.67. The van der Waals surface area contributed by atoms with Gasteiger partial charge in [0.2, 0.25) is 112 Å². The number of H-pyrrole nitrogens is 1. The number of ether oxygens (including phenoxy) is 1. The van der Waals surface area contributed by atoms with Gasteiger partial charge in [0.15, 0.2) is 0 Å². The molecule has 0 saturated carbocycles. The Balaban J connectivity index is 1.56. The number of hydrogen-bond acceptors (Lipinski definition) is 23. The van der Waals surface area contributed by atoms with Crippen molar-refractivity contribution in [2.24, 2.45) is 28.7 Å². The molecule has 0 bridgehead atoms. The van der Waals surface area contributed by atoms with Gasteiger partial charge in [0, 0.05) is 92.4 Å². The van der Waals surface area contributed by atoms with Crippen LogP contribution < -0.4 is 108 Å². The zero-order valence-corrected chi connectivity index (χ0v) is 74.2. The second kappa shape index (κ2) is 49.1. The highest BCUT2D eigenvalue weighted by Crippen LogP contribution is 2.25. The fourth-order valence-corrected chi connectivity index (χ4v) is 13.4. The predicted octanol–water partition coefficient (Wildman–Crippen LogP) is -3.63. The Labute approximate surface area is 744 Å². The highest BCUT2D eigenvalue weighted by atomic mass is 32.1. The van der Waals surface area contributed by atoms with Gasteiger partial charge in [-0.3, -0.25) is 91.1 Å². The number of nitrogens with one attached hydrogen (secondary N) is 15. The van der Waals surface area contributed by atoms with Gasteiger partial charge in [0.05, 0.1) is 19.1 Å². The number of nitrogens with two attached hydrogens (primary N) is 5. The summed E-state index contributed by atoms with van der Waals surface area (Å²) in [6.45, 7) is 13.5. The summed E-state index contributed by atoms with van der Waals surface area (Å²) in [6.07, 6.45) is -4.90. The molecule has 0 radical (unpaired) electrons. The number of carbonyl (C=O) groups excluding carboxylic acids is 19. The van der Waals surface area contributed by atoms with E-state index in [1.54, 1.807) is 72.8 Å². The minimum absolute atomic E-state index is 0.0427. The number of carbonyl (C=O) groups is 19. The van der Waals surface area contributed by atoms with Crippen LogP contribution in [0.15, 0.2) is 97.2 Å². The Morgan fingerprint density at radius 1 is 0.425 bits per heavy atom. The van der Waals surface area contributed by atoms with Gasteiger partial charge in [-0.15, -0.1) is 0 Å². The summed E-state index contributed by atoms with van der Waals surface area (Å²) >= 11 is 9.18. The molecular weight excluding hydrogens is 1690 g/mol. The number of benzene rings is 4. The average molecular weight is 1810 g/mol. The number of aliphatic hydroxyl groups is 1. The number of aromatic amines is 1. The summed E-state index contributed by atoms with van der Waals surface area (Å²) in [5.41, 5.74) is 27.1. The van der Waals surface area contributed by atoms with E-state index in [-0.39, 0.29) is 70.0 Å². The summed E-state index contributed by atoms with van der Waals surface area (Å²) in [5.74, 6) is -17.9. The molecule has 26 N–H and O–H groups in total. The minimum Gasteiger partial charge on any atom is -0.492 e. The number of amides is 19. The first-order valence-corrected chi connectivity index (χ1v) is 41.7. The number of thiol groups is 2. The van der Waals surface area contributed by atoms with Crippen molar-refractivity contribution < 1.29 is 101 Å². The van der Waals surface area contributed by atoms with E-state index < -0.39 is 233 Å². The quantitative estimate of drug-likeness (QED) is 0.0132. The van der Waals surface area contributed by atoms with E-state index in [0.29, 0.717) is 38.7 Å². The average Bonchev–Trinajstić information content (AvgIpc) is 1.78. The molecule has 0 aliphatic heterocycles. The van der Waals surface area contributed by atoms with E-state index in [1.807, 2.05) is 6.07 Å². The standard InChI is InChI=1S/C84H118N20O21S2/c1-43(105)67(102-72(115)57(29-32-64(86)110)96-79(122)68(83(7,8)126)93-46(4)108)78(121)99-61(40-51-42-92-54-20-14-13-19-53(51)54)75(118)95-58(30-33-65(87)111)73(116)103-69(84(9,10)127)80(123)100-59(38-47-23-26-52(27-24-47)125-36-35-91-45(3)107)74(117)97-60(39-48-22-25-49-17-11-12-18-50(49)37-48)77(120)104-82(5,6)81(124)101-56(21-15-16-34-90-44(2)106)71(114)98-62(41-66(88)112)76(119)94-55(70(89)113)28-31-63(85)109/h11-14,17-20,22-27,37,42-43,55-62,67-69,92,105,126-127H,15-16,21,28-36,38-41H2,1-10H3,(H2,85,109)(H2,86,110)(H2,87,111)(H2,88,112)(H2,89,113)(H,90,106)(H,91,107)(H,93,108)(H,94,119)(H,95,118)(H,96,122)(H,97,117)(H,98,114)(H,99,121)(H,100,123)(H,101,124)(H,102,115)(H,103,116)(H,104,120)/t43-,55+,56+,57+,58+,59+,60+,61+,62+,67+,68-,69-/m1/s1. The predicted molar refractivity (Wildman–Crippen MR) is 472 cm³/mol. The van der Waals surface area contributed by atoms with Gasteiger partial charge < -0.3 is 118 Å². The van der Waals surface area contributed by atoms with E-state index in [1.165, 1.54) is 73.7 Å². The third kappa shape index (κ3) is 35.6. The van der Waals surface area contributed by atoms with Gasteiger partial charge >= 0.3 is 0 Å². The number of unbranched alkanes of at least 4 members (excludes halogenated alkanes) is 1. The number of rotatable bonds is 53. The molecule has 41 nitrogen and oxygen atoms in total.